The summed E-state index contributed by atoms with van der Waals surface area (Å²) in [7, 11) is 0. The second-order valence-electron chi connectivity index (χ2n) is 6.22. The van der Waals surface area contributed by atoms with E-state index >= 15 is 0 Å². The molecular weight excluding hydrogens is 329 g/mol. The second kappa shape index (κ2) is 7.25. The van der Waals surface area contributed by atoms with Gasteiger partial charge in [-0.1, -0.05) is 12.8 Å². The lowest BCUT2D eigenvalue weighted by Gasteiger charge is -2.30. The van der Waals surface area contributed by atoms with Crippen LogP contribution in [-0.4, -0.2) is 22.3 Å². The van der Waals surface area contributed by atoms with Crippen molar-refractivity contribution in [3.63, 3.8) is 0 Å². The van der Waals surface area contributed by atoms with Crippen LogP contribution in [-0.2, 0) is 6.18 Å². The molecule has 1 unspecified atom stereocenters. The van der Waals surface area contributed by atoms with E-state index in [1.54, 1.807) is 17.3 Å². The van der Waals surface area contributed by atoms with Crippen LogP contribution in [0.3, 0.4) is 0 Å². The first kappa shape index (κ1) is 17.5. The van der Waals surface area contributed by atoms with Crippen LogP contribution >= 0.6 is 0 Å². The minimum absolute atomic E-state index is 0.0692. The van der Waals surface area contributed by atoms with Crippen molar-refractivity contribution in [3.05, 3.63) is 65.5 Å². The quantitative estimate of drug-likeness (QED) is 0.777. The average molecular weight is 348 g/mol. The van der Waals surface area contributed by atoms with Crippen LogP contribution < -0.4 is 0 Å². The Balaban J connectivity index is 1.87. The van der Waals surface area contributed by atoms with Gasteiger partial charge in [0.2, 0.25) is 0 Å². The van der Waals surface area contributed by atoms with Gasteiger partial charge in [-0.25, -0.2) is 0 Å². The second-order valence-corrected chi connectivity index (χ2v) is 6.22. The Bertz CT molecular complexity index is 714. The lowest BCUT2D eigenvalue weighted by Crippen LogP contribution is -2.34. The van der Waals surface area contributed by atoms with Gasteiger partial charge in [-0.2, -0.15) is 13.2 Å². The molecule has 0 bridgehead atoms. The number of halogens is 3. The van der Waals surface area contributed by atoms with Gasteiger partial charge in [0.15, 0.2) is 0 Å². The van der Waals surface area contributed by atoms with E-state index in [-0.39, 0.29) is 17.5 Å². The predicted octanol–water partition coefficient (Wildman–Crippen LogP) is 4.86. The van der Waals surface area contributed by atoms with Gasteiger partial charge in [-0.15, -0.1) is 0 Å². The van der Waals surface area contributed by atoms with E-state index in [0.717, 1.165) is 43.4 Å². The molecule has 2 heterocycles. The smallest absolute Gasteiger partial charge is 0.332 e. The fourth-order valence-corrected chi connectivity index (χ4v) is 3.25. The summed E-state index contributed by atoms with van der Waals surface area (Å²) < 4.78 is 38.1. The van der Waals surface area contributed by atoms with E-state index in [2.05, 4.69) is 4.98 Å². The van der Waals surface area contributed by atoms with Gasteiger partial charge >= 0.3 is 6.18 Å². The monoisotopic (exact) mass is 348 g/mol. The Hall–Kier alpha value is -2.37. The van der Waals surface area contributed by atoms with Crippen molar-refractivity contribution in [1.29, 1.82) is 0 Å². The van der Waals surface area contributed by atoms with Crippen molar-refractivity contribution < 1.29 is 18.0 Å². The van der Waals surface area contributed by atoms with Crippen molar-refractivity contribution in [2.45, 2.75) is 37.9 Å². The van der Waals surface area contributed by atoms with Gasteiger partial charge in [0.25, 0.3) is 5.91 Å². The molecule has 3 nitrogen and oxygen atoms in total. The number of carbonyl (C=O) groups is 1. The minimum Gasteiger partial charge on any atom is -0.332 e. The fourth-order valence-electron chi connectivity index (χ4n) is 3.25. The zero-order valence-electron chi connectivity index (χ0n) is 13.7. The van der Waals surface area contributed by atoms with Crippen molar-refractivity contribution in [3.8, 4) is 0 Å². The summed E-state index contributed by atoms with van der Waals surface area (Å²) in [6, 6.07) is 8.17. The van der Waals surface area contributed by atoms with E-state index in [1.165, 1.54) is 12.1 Å². The Morgan fingerprint density at radius 3 is 2.32 bits per heavy atom. The van der Waals surface area contributed by atoms with E-state index in [1.807, 2.05) is 12.1 Å². The molecule has 25 heavy (non-hydrogen) atoms. The highest BCUT2D eigenvalue weighted by atomic mass is 19.4. The Morgan fingerprint density at radius 1 is 1.00 bits per heavy atom. The third kappa shape index (κ3) is 4.00. The number of nitrogens with zero attached hydrogens (tertiary/aromatic N) is 2. The standard InChI is InChI=1S/C19H19F3N2O/c20-19(21,22)16-7-5-15(6-8-16)18(25)24-13-3-1-2-4-17(24)14-9-11-23-12-10-14/h5-12,17H,1-4,13H2. The van der Waals surface area contributed by atoms with E-state index < -0.39 is 11.7 Å². The molecule has 2 aromatic rings. The SMILES string of the molecule is O=C(c1ccc(C(F)(F)F)cc1)N1CCCCCC1c1ccncc1. The molecule has 0 radical (unpaired) electrons. The fraction of sp³-hybridized carbons (Fsp3) is 0.368. The van der Waals surface area contributed by atoms with Crippen LogP contribution in [0.15, 0.2) is 48.8 Å². The van der Waals surface area contributed by atoms with Crippen molar-refractivity contribution in [2.75, 3.05) is 6.54 Å². The summed E-state index contributed by atoms with van der Waals surface area (Å²) >= 11 is 0. The van der Waals surface area contributed by atoms with Gasteiger partial charge in [0.05, 0.1) is 11.6 Å². The molecule has 0 aliphatic carbocycles. The number of amides is 1. The van der Waals surface area contributed by atoms with Gasteiger partial charge in [-0.05, 0) is 54.8 Å². The summed E-state index contributed by atoms with van der Waals surface area (Å²) in [6.07, 6.45) is 2.79. The maximum absolute atomic E-state index is 12.9. The normalized spacial score (nSPS) is 18.7. The van der Waals surface area contributed by atoms with Crippen molar-refractivity contribution >= 4 is 5.91 Å². The Labute approximate surface area is 144 Å². The van der Waals surface area contributed by atoms with Crippen LogP contribution in [0.1, 0.15) is 53.2 Å². The maximum atomic E-state index is 12.9. The highest BCUT2D eigenvalue weighted by molar-refractivity contribution is 5.94. The maximum Gasteiger partial charge on any atom is 0.416 e. The van der Waals surface area contributed by atoms with E-state index in [4.69, 9.17) is 0 Å². The van der Waals surface area contributed by atoms with Crippen molar-refractivity contribution in [2.24, 2.45) is 0 Å². The lowest BCUT2D eigenvalue weighted by molar-refractivity contribution is -0.137. The minimum atomic E-state index is -4.40. The number of hydrogen-bond donors (Lipinski definition) is 0. The molecule has 1 aromatic heterocycles. The number of likely N-dealkylation sites (tertiary alicyclic amines) is 1. The number of hydrogen-bond acceptors (Lipinski definition) is 2. The molecule has 1 aromatic carbocycles. The number of carbonyl (C=O) groups excluding carboxylic acids is 1. The van der Waals surface area contributed by atoms with Crippen LogP contribution in [0.4, 0.5) is 13.2 Å². The van der Waals surface area contributed by atoms with Crippen LogP contribution in [0, 0.1) is 0 Å². The van der Waals surface area contributed by atoms with Crippen LogP contribution in [0.25, 0.3) is 0 Å². The first-order valence-corrected chi connectivity index (χ1v) is 8.35. The number of alkyl halides is 3. The molecule has 0 saturated carbocycles. The van der Waals surface area contributed by atoms with Crippen LogP contribution in [0.2, 0.25) is 0 Å². The zero-order chi connectivity index (χ0) is 17.9. The molecular formula is C19H19F3N2O. The topological polar surface area (TPSA) is 33.2 Å². The first-order chi connectivity index (χ1) is 12.0. The molecule has 6 heteroatoms. The van der Waals surface area contributed by atoms with Gasteiger partial charge < -0.3 is 4.90 Å². The average Bonchev–Trinajstić information content (AvgIpc) is 2.87. The third-order valence-corrected chi connectivity index (χ3v) is 4.56. The molecule has 132 valence electrons. The number of aromatic nitrogens is 1. The summed E-state index contributed by atoms with van der Waals surface area (Å²) in [5.41, 5.74) is 0.553. The zero-order valence-corrected chi connectivity index (χ0v) is 13.7. The molecule has 1 amide bonds. The van der Waals surface area contributed by atoms with Gasteiger partial charge in [0, 0.05) is 24.5 Å². The summed E-state index contributed by atoms with van der Waals surface area (Å²) in [6.45, 7) is 0.604. The predicted molar refractivity (Wildman–Crippen MR) is 87.9 cm³/mol. The Kier molecular flexibility index (Phi) is 5.06. The van der Waals surface area contributed by atoms with E-state index in [0.29, 0.717) is 6.54 Å². The van der Waals surface area contributed by atoms with Crippen LogP contribution in [0.5, 0.6) is 0 Å². The highest BCUT2D eigenvalue weighted by Crippen LogP contribution is 2.32. The third-order valence-electron chi connectivity index (χ3n) is 4.56. The van der Waals surface area contributed by atoms with Gasteiger partial charge in [-0.3, -0.25) is 9.78 Å². The molecule has 3 rings (SSSR count). The Morgan fingerprint density at radius 2 is 1.68 bits per heavy atom. The molecule has 1 aliphatic heterocycles. The highest BCUT2D eigenvalue weighted by Gasteiger charge is 2.31. The molecule has 1 saturated heterocycles. The first-order valence-electron chi connectivity index (χ1n) is 8.35. The summed E-state index contributed by atoms with van der Waals surface area (Å²) in [4.78, 5) is 18.7. The number of benzene rings is 1. The lowest BCUT2D eigenvalue weighted by atomic mass is 10.0. The number of pyridine rings is 1. The van der Waals surface area contributed by atoms with Gasteiger partial charge in [0.1, 0.15) is 0 Å². The molecule has 1 aliphatic rings. The van der Waals surface area contributed by atoms with Crippen molar-refractivity contribution in [1.82, 2.24) is 9.88 Å². The molecule has 0 N–H and O–H groups in total. The summed E-state index contributed by atoms with van der Waals surface area (Å²) in [5.74, 6) is -0.225. The molecule has 0 spiro atoms. The largest absolute Gasteiger partial charge is 0.416 e. The molecule has 1 atom stereocenters. The molecule has 1 fully saturated rings. The number of rotatable bonds is 2. The summed E-state index contributed by atoms with van der Waals surface area (Å²) in [5, 5.41) is 0. The van der Waals surface area contributed by atoms with E-state index in [9.17, 15) is 18.0 Å².